The molecule has 3 aromatic heterocycles. The van der Waals surface area contributed by atoms with Gasteiger partial charge >= 0.3 is 0 Å². The van der Waals surface area contributed by atoms with E-state index in [-0.39, 0.29) is 17.5 Å². The third-order valence-electron chi connectivity index (χ3n) is 5.57. The van der Waals surface area contributed by atoms with Gasteiger partial charge in [0.25, 0.3) is 10.8 Å². The number of halogens is 1. The van der Waals surface area contributed by atoms with Crippen LogP contribution in [0, 0.1) is 0 Å². The number of hydrogen-bond donors (Lipinski definition) is 2. The molecule has 0 amide bonds. The van der Waals surface area contributed by atoms with E-state index in [0.717, 1.165) is 27.2 Å². The number of nitrogens with one attached hydrogen (secondary N) is 1. The van der Waals surface area contributed by atoms with Gasteiger partial charge < -0.3 is 15.8 Å². The van der Waals surface area contributed by atoms with Crippen LogP contribution in [0.25, 0.3) is 26.9 Å². The first-order valence-corrected chi connectivity index (χ1v) is 11.9. The molecule has 0 radical (unpaired) electrons. The Kier molecular flexibility index (Phi) is 6.10. The first kappa shape index (κ1) is 22.8. The third kappa shape index (κ3) is 4.31. The van der Waals surface area contributed by atoms with E-state index in [9.17, 15) is 4.79 Å². The van der Waals surface area contributed by atoms with Crippen molar-refractivity contribution >= 4 is 45.5 Å². The van der Waals surface area contributed by atoms with Gasteiger partial charge in [-0.15, -0.1) is 0 Å². The standard InChI is InChI=1S/C25H21ClN6O2S/c1-14(30-22-17(12-28-24(27)31-22)20-13-29-25(34-2)35-20)19-11-15-7-6-10-18(26)21(15)23(33)32(19)16-8-4-3-5-9-16/h3-14H,1-2H3,(H3,27,28,30,31)/t14-/m0/s1. The third-order valence-corrected chi connectivity index (χ3v) is 6.87. The highest BCUT2D eigenvalue weighted by atomic mass is 35.5. The highest BCUT2D eigenvalue weighted by Crippen LogP contribution is 2.35. The number of benzene rings is 2. The van der Waals surface area contributed by atoms with E-state index < -0.39 is 0 Å². The maximum Gasteiger partial charge on any atom is 0.273 e. The van der Waals surface area contributed by atoms with Crippen LogP contribution < -0.4 is 21.3 Å². The van der Waals surface area contributed by atoms with Crippen molar-refractivity contribution in [1.29, 1.82) is 0 Å². The van der Waals surface area contributed by atoms with Gasteiger partial charge in [0.2, 0.25) is 5.95 Å². The van der Waals surface area contributed by atoms with Crippen LogP contribution in [0.3, 0.4) is 0 Å². The molecule has 35 heavy (non-hydrogen) atoms. The second kappa shape index (κ2) is 9.36. The molecule has 10 heteroatoms. The first-order valence-electron chi connectivity index (χ1n) is 10.7. The van der Waals surface area contributed by atoms with Crippen LogP contribution in [0.2, 0.25) is 5.02 Å². The normalized spacial score (nSPS) is 12.0. The summed E-state index contributed by atoms with van der Waals surface area (Å²) in [5, 5.41) is 5.59. The largest absolute Gasteiger partial charge is 0.473 e. The van der Waals surface area contributed by atoms with Crippen molar-refractivity contribution < 1.29 is 4.74 Å². The molecule has 2 aromatic carbocycles. The summed E-state index contributed by atoms with van der Waals surface area (Å²) in [5.41, 5.74) is 7.92. The Bertz CT molecular complexity index is 1580. The minimum absolute atomic E-state index is 0.130. The van der Waals surface area contributed by atoms with Gasteiger partial charge in [-0.2, -0.15) is 4.98 Å². The number of ether oxygens (including phenoxy) is 1. The fraction of sp³-hybridized carbons (Fsp3) is 0.120. The number of nitrogen functional groups attached to an aromatic ring is 1. The topological polar surface area (TPSA) is 108 Å². The number of aromatic nitrogens is 4. The lowest BCUT2D eigenvalue weighted by Gasteiger charge is -2.22. The first-order chi connectivity index (χ1) is 17.0. The Hall–Kier alpha value is -3.95. The Morgan fingerprint density at radius 2 is 1.91 bits per heavy atom. The molecule has 0 spiro atoms. The van der Waals surface area contributed by atoms with Crippen molar-refractivity contribution in [1.82, 2.24) is 19.5 Å². The molecule has 176 valence electrons. The number of hydrogen-bond acceptors (Lipinski definition) is 8. The number of methoxy groups -OCH3 is 1. The number of thiazole rings is 1. The minimum Gasteiger partial charge on any atom is -0.473 e. The van der Waals surface area contributed by atoms with Crippen molar-refractivity contribution in [2.45, 2.75) is 13.0 Å². The highest BCUT2D eigenvalue weighted by Gasteiger charge is 2.20. The highest BCUT2D eigenvalue weighted by molar-refractivity contribution is 7.16. The molecule has 0 bridgehead atoms. The minimum atomic E-state index is -0.339. The molecule has 0 saturated heterocycles. The molecule has 8 nitrogen and oxygen atoms in total. The smallest absolute Gasteiger partial charge is 0.273 e. The summed E-state index contributed by atoms with van der Waals surface area (Å²) in [6.45, 7) is 1.96. The van der Waals surface area contributed by atoms with Crippen LogP contribution in [0.4, 0.5) is 11.8 Å². The van der Waals surface area contributed by atoms with Crippen LogP contribution in [0.15, 0.2) is 71.8 Å². The number of fused-ring (bicyclic) bond motifs is 1. The molecular formula is C25H21ClN6O2S. The lowest BCUT2D eigenvalue weighted by atomic mass is 10.1. The van der Waals surface area contributed by atoms with Gasteiger partial charge in [-0.05, 0) is 36.6 Å². The predicted molar refractivity (Wildman–Crippen MR) is 141 cm³/mol. The van der Waals surface area contributed by atoms with Gasteiger partial charge in [0.05, 0.1) is 34.0 Å². The fourth-order valence-corrected chi connectivity index (χ4v) is 4.95. The summed E-state index contributed by atoms with van der Waals surface area (Å²) < 4.78 is 6.90. The zero-order valence-electron chi connectivity index (χ0n) is 18.9. The van der Waals surface area contributed by atoms with E-state index >= 15 is 0 Å². The summed E-state index contributed by atoms with van der Waals surface area (Å²) in [6, 6.07) is 16.5. The van der Waals surface area contributed by atoms with Crippen LogP contribution in [0.1, 0.15) is 18.7 Å². The number of nitrogens with two attached hydrogens (primary N) is 1. The number of anilines is 2. The molecule has 0 aliphatic heterocycles. The second-order valence-corrected chi connectivity index (χ2v) is 9.20. The Labute approximate surface area is 210 Å². The van der Waals surface area contributed by atoms with Crippen molar-refractivity contribution in [2.24, 2.45) is 0 Å². The molecule has 0 saturated carbocycles. The molecule has 1 atom stereocenters. The summed E-state index contributed by atoms with van der Waals surface area (Å²) in [4.78, 5) is 27.3. The Morgan fingerprint density at radius 3 is 2.66 bits per heavy atom. The summed E-state index contributed by atoms with van der Waals surface area (Å²) in [7, 11) is 1.57. The van der Waals surface area contributed by atoms with Gasteiger partial charge in [-0.1, -0.05) is 53.3 Å². The van der Waals surface area contributed by atoms with Crippen molar-refractivity contribution in [3.63, 3.8) is 0 Å². The maximum atomic E-state index is 13.7. The van der Waals surface area contributed by atoms with E-state index in [0.29, 0.717) is 21.4 Å². The summed E-state index contributed by atoms with van der Waals surface area (Å²) in [5.74, 6) is 0.653. The molecule has 3 N–H and O–H groups in total. The van der Waals surface area contributed by atoms with Gasteiger partial charge in [0, 0.05) is 23.8 Å². The Balaban J connectivity index is 1.65. The van der Waals surface area contributed by atoms with Crippen LogP contribution >= 0.6 is 22.9 Å². The number of rotatable bonds is 6. The van der Waals surface area contributed by atoms with Gasteiger partial charge in [0.1, 0.15) is 5.82 Å². The number of nitrogens with zero attached hydrogens (tertiary/aromatic N) is 4. The average molecular weight is 505 g/mol. The Morgan fingerprint density at radius 1 is 1.11 bits per heavy atom. The zero-order chi connectivity index (χ0) is 24.5. The second-order valence-electron chi connectivity index (χ2n) is 7.80. The van der Waals surface area contributed by atoms with Gasteiger partial charge in [0.15, 0.2) is 0 Å². The number of para-hydroxylation sites is 1. The average Bonchev–Trinajstić information content (AvgIpc) is 3.33. The molecule has 0 fully saturated rings. The summed E-state index contributed by atoms with van der Waals surface area (Å²) in [6.07, 6.45) is 3.35. The lowest BCUT2D eigenvalue weighted by Crippen LogP contribution is -2.26. The van der Waals surface area contributed by atoms with E-state index in [2.05, 4.69) is 20.3 Å². The van der Waals surface area contributed by atoms with E-state index in [1.54, 1.807) is 30.1 Å². The van der Waals surface area contributed by atoms with Gasteiger partial charge in [-0.3, -0.25) is 9.36 Å². The van der Waals surface area contributed by atoms with Gasteiger partial charge in [-0.25, -0.2) is 9.97 Å². The molecular weight excluding hydrogens is 484 g/mol. The molecule has 5 rings (SSSR count). The maximum absolute atomic E-state index is 13.7. The monoisotopic (exact) mass is 504 g/mol. The van der Waals surface area contributed by atoms with Crippen LogP contribution in [-0.2, 0) is 0 Å². The fourth-order valence-electron chi connectivity index (χ4n) is 3.94. The molecule has 5 aromatic rings. The molecule has 0 aliphatic carbocycles. The van der Waals surface area contributed by atoms with E-state index in [1.807, 2.05) is 55.5 Å². The van der Waals surface area contributed by atoms with Crippen LogP contribution in [-0.4, -0.2) is 26.6 Å². The van der Waals surface area contributed by atoms with Crippen LogP contribution in [0.5, 0.6) is 5.19 Å². The SMILES string of the molecule is COc1ncc(-c2cnc(N)nc2N[C@@H](C)c2cc3cccc(Cl)c3c(=O)n2-c2ccccc2)s1. The van der Waals surface area contributed by atoms with Crippen molar-refractivity contribution in [3.05, 3.63) is 88.1 Å². The zero-order valence-corrected chi connectivity index (χ0v) is 20.5. The summed E-state index contributed by atoms with van der Waals surface area (Å²) >= 11 is 7.80. The predicted octanol–water partition coefficient (Wildman–Crippen LogP) is 5.32. The molecule has 0 unspecified atom stereocenters. The molecule has 3 heterocycles. The van der Waals surface area contributed by atoms with Crippen molar-refractivity contribution in [2.75, 3.05) is 18.2 Å². The quantitative estimate of drug-likeness (QED) is 0.322. The van der Waals surface area contributed by atoms with Crippen molar-refractivity contribution in [3.8, 4) is 21.3 Å². The van der Waals surface area contributed by atoms with E-state index in [4.69, 9.17) is 22.1 Å². The van der Waals surface area contributed by atoms with E-state index in [1.165, 1.54) is 11.3 Å². The number of pyridine rings is 1. The molecule has 0 aliphatic rings. The lowest BCUT2D eigenvalue weighted by molar-refractivity contribution is 0.412.